The molecule has 18 heavy (non-hydrogen) atoms. The van der Waals surface area contributed by atoms with Crippen LogP contribution in [0.4, 0.5) is 0 Å². The molecule has 0 atom stereocenters. The molecule has 0 aliphatic carbocycles. The normalized spacial score (nSPS) is 10.7. The summed E-state index contributed by atoms with van der Waals surface area (Å²) in [5.41, 5.74) is 1.73. The standard InChI is InChI=1S/C12H8N4O2/c17-12(18)8-5-6-11(13-7-8)16-10-4-2-1-3-9(10)14-15-16/h1-7H,(H,17,18). The SMILES string of the molecule is O=C(O)c1ccc(-n2nnc3ccccc32)nc1. The van der Waals surface area contributed by atoms with Crippen molar-refractivity contribution in [2.24, 2.45) is 0 Å². The second-order valence-corrected chi connectivity index (χ2v) is 3.70. The molecule has 88 valence electrons. The number of benzene rings is 1. The summed E-state index contributed by atoms with van der Waals surface area (Å²) in [5.74, 6) is -0.466. The highest BCUT2D eigenvalue weighted by Gasteiger charge is 2.08. The maximum Gasteiger partial charge on any atom is 0.337 e. The molecule has 0 aliphatic rings. The van der Waals surface area contributed by atoms with Crippen LogP contribution < -0.4 is 0 Å². The lowest BCUT2D eigenvalue weighted by Crippen LogP contribution is -2.02. The average Bonchev–Trinajstić information content (AvgIpc) is 2.82. The summed E-state index contributed by atoms with van der Waals surface area (Å²) in [6.45, 7) is 0. The van der Waals surface area contributed by atoms with Crippen LogP contribution in [0.1, 0.15) is 10.4 Å². The van der Waals surface area contributed by atoms with Crippen molar-refractivity contribution < 1.29 is 9.90 Å². The molecule has 3 rings (SSSR count). The van der Waals surface area contributed by atoms with Gasteiger partial charge in [0.25, 0.3) is 0 Å². The van der Waals surface area contributed by atoms with Gasteiger partial charge in [-0.3, -0.25) is 0 Å². The summed E-state index contributed by atoms with van der Waals surface area (Å²) in [6, 6.07) is 10.6. The molecule has 0 saturated heterocycles. The van der Waals surface area contributed by atoms with Crippen LogP contribution in [0.3, 0.4) is 0 Å². The number of carboxylic acids is 1. The Hall–Kier alpha value is -2.76. The molecule has 0 fully saturated rings. The lowest BCUT2D eigenvalue weighted by Gasteiger charge is -2.01. The third-order valence-corrected chi connectivity index (χ3v) is 2.56. The molecule has 0 radical (unpaired) electrons. The van der Waals surface area contributed by atoms with E-state index in [2.05, 4.69) is 15.3 Å². The Balaban J connectivity index is 2.12. The van der Waals surface area contributed by atoms with Crippen molar-refractivity contribution in [1.82, 2.24) is 20.0 Å². The number of hydrogen-bond donors (Lipinski definition) is 1. The lowest BCUT2D eigenvalue weighted by atomic mass is 10.3. The number of carbonyl (C=O) groups is 1. The zero-order chi connectivity index (χ0) is 12.5. The van der Waals surface area contributed by atoms with Crippen molar-refractivity contribution in [3.05, 3.63) is 48.2 Å². The topological polar surface area (TPSA) is 80.9 Å². The number of aromatic nitrogens is 4. The molecule has 2 heterocycles. The Morgan fingerprint density at radius 3 is 2.72 bits per heavy atom. The molecule has 0 aliphatic heterocycles. The maximum absolute atomic E-state index is 10.7. The van der Waals surface area contributed by atoms with Crippen molar-refractivity contribution in [2.45, 2.75) is 0 Å². The third kappa shape index (κ3) is 1.60. The van der Waals surface area contributed by atoms with Gasteiger partial charge in [-0.2, -0.15) is 4.68 Å². The van der Waals surface area contributed by atoms with E-state index in [-0.39, 0.29) is 5.56 Å². The van der Waals surface area contributed by atoms with E-state index in [1.807, 2.05) is 24.3 Å². The molecule has 0 bridgehead atoms. The number of aromatic carboxylic acids is 1. The molecule has 0 saturated carbocycles. The maximum atomic E-state index is 10.7. The van der Waals surface area contributed by atoms with Gasteiger partial charge in [-0.05, 0) is 24.3 Å². The molecule has 6 nitrogen and oxygen atoms in total. The fourth-order valence-electron chi connectivity index (χ4n) is 1.68. The smallest absolute Gasteiger partial charge is 0.337 e. The van der Waals surface area contributed by atoms with Crippen LogP contribution in [-0.4, -0.2) is 31.1 Å². The molecule has 1 N–H and O–H groups in total. The van der Waals surface area contributed by atoms with Gasteiger partial charge in [0.1, 0.15) is 5.52 Å². The van der Waals surface area contributed by atoms with E-state index in [4.69, 9.17) is 5.11 Å². The molecule has 1 aromatic carbocycles. The number of nitrogens with zero attached hydrogens (tertiary/aromatic N) is 4. The summed E-state index contributed by atoms with van der Waals surface area (Å²) in [4.78, 5) is 14.8. The van der Waals surface area contributed by atoms with Crippen LogP contribution >= 0.6 is 0 Å². The van der Waals surface area contributed by atoms with Crippen LogP contribution in [0.25, 0.3) is 16.9 Å². The minimum atomic E-state index is -1.00. The number of para-hydroxylation sites is 1. The molecular weight excluding hydrogens is 232 g/mol. The van der Waals surface area contributed by atoms with E-state index >= 15 is 0 Å². The van der Waals surface area contributed by atoms with Gasteiger partial charge < -0.3 is 5.11 Å². The Labute approximate surface area is 102 Å². The van der Waals surface area contributed by atoms with Crippen LogP contribution in [0, 0.1) is 0 Å². The quantitative estimate of drug-likeness (QED) is 0.734. The van der Waals surface area contributed by atoms with Gasteiger partial charge in [0.2, 0.25) is 0 Å². The summed E-state index contributed by atoms with van der Waals surface area (Å²) in [5, 5.41) is 16.8. The average molecular weight is 240 g/mol. The number of rotatable bonds is 2. The van der Waals surface area contributed by atoms with E-state index in [0.29, 0.717) is 5.82 Å². The van der Waals surface area contributed by atoms with Crippen molar-refractivity contribution in [1.29, 1.82) is 0 Å². The molecule has 3 aromatic rings. The highest BCUT2D eigenvalue weighted by atomic mass is 16.4. The summed E-state index contributed by atoms with van der Waals surface area (Å²) in [7, 11) is 0. The molecule has 2 aromatic heterocycles. The number of pyridine rings is 1. The zero-order valence-corrected chi connectivity index (χ0v) is 9.19. The van der Waals surface area contributed by atoms with Gasteiger partial charge >= 0.3 is 5.97 Å². The van der Waals surface area contributed by atoms with Gasteiger partial charge in [0, 0.05) is 6.20 Å². The van der Waals surface area contributed by atoms with Gasteiger partial charge in [-0.15, -0.1) is 5.10 Å². The molecule has 0 amide bonds. The molecular formula is C12H8N4O2. The number of fused-ring (bicyclic) bond motifs is 1. The van der Waals surface area contributed by atoms with Crippen LogP contribution in [0.15, 0.2) is 42.6 Å². The summed E-state index contributed by atoms with van der Waals surface area (Å²) >= 11 is 0. The first-order chi connectivity index (χ1) is 8.75. The molecule has 0 unspecified atom stereocenters. The predicted molar refractivity (Wildman–Crippen MR) is 63.6 cm³/mol. The summed E-state index contributed by atoms with van der Waals surface area (Å²) < 4.78 is 1.57. The third-order valence-electron chi connectivity index (χ3n) is 2.56. The van der Waals surface area contributed by atoms with Crippen molar-refractivity contribution in [3.63, 3.8) is 0 Å². The van der Waals surface area contributed by atoms with Crippen LogP contribution in [0.2, 0.25) is 0 Å². The minimum Gasteiger partial charge on any atom is -0.478 e. The second kappa shape index (κ2) is 3.92. The Morgan fingerprint density at radius 1 is 1.17 bits per heavy atom. The van der Waals surface area contributed by atoms with E-state index in [0.717, 1.165) is 11.0 Å². The number of hydrogen-bond acceptors (Lipinski definition) is 4. The number of carboxylic acid groups (broad SMARTS) is 1. The highest BCUT2D eigenvalue weighted by molar-refractivity contribution is 5.87. The van der Waals surface area contributed by atoms with Crippen LogP contribution in [-0.2, 0) is 0 Å². The molecule has 6 heteroatoms. The fraction of sp³-hybridized carbons (Fsp3) is 0. The highest BCUT2D eigenvalue weighted by Crippen LogP contribution is 2.14. The monoisotopic (exact) mass is 240 g/mol. The van der Waals surface area contributed by atoms with Crippen molar-refractivity contribution >= 4 is 17.0 Å². The summed E-state index contributed by atoms with van der Waals surface area (Å²) in [6.07, 6.45) is 1.30. The van der Waals surface area contributed by atoms with E-state index in [9.17, 15) is 4.79 Å². The van der Waals surface area contributed by atoms with E-state index in [1.54, 1.807) is 10.7 Å². The predicted octanol–water partition coefficient (Wildman–Crippen LogP) is 1.51. The van der Waals surface area contributed by atoms with Gasteiger partial charge in [-0.25, -0.2) is 9.78 Å². The first kappa shape index (κ1) is 10.4. The Kier molecular flexibility index (Phi) is 2.26. The Bertz CT molecular complexity index is 718. The second-order valence-electron chi connectivity index (χ2n) is 3.70. The molecule has 0 spiro atoms. The first-order valence-electron chi connectivity index (χ1n) is 5.26. The van der Waals surface area contributed by atoms with Gasteiger partial charge in [0.15, 0.2) is 5.82 Å². The van der Waals surface area contributed by atoms with E-state index < -0.39 is 5.97 Å². The van der Waals surface area contributed by atoms with Crippen LogP contribution in [0.5, 0.6) is 0 Å². The lowest BCUT2D eigenvalue weighted by molar-refractivity contribution is 0.0696. The Morgan fingerprint density at radius 2 is 2.00 bits per heavy atom. The first-order valence-corrected chi connectivity index (χ1v) is 5.26. The largest absolute Gasteiger partial charge is 0.478 e. The van der Waals surface area contributed by atoms with E-state index in [1.165, 1.54) is 12.3 Å². The van der Waals surface area contributed by atoms with Crippen molar-refractivity contribution in [2.75, 3.05) is 0 Å². The fourth-order valence-corrected chi connectivity index (χ4v) is 1.68. The minimum absolute atomic E-state index is 0.142. The van der Waals surface area contributed by atoms with Crippen molar-refractivity contribution in [3.8, 4) is 5.82 Å². The zero-order valence-electron chi connectivity index (χ0n) is 9.19. The van der Waals surface area contributed by atoms with Gasteiger partial charge in [-0.1, -0.05) is 17.3 Å². The van der Waals surface area contributed by atoms with Gasteiger partial charge in [0.05, 0.1) is 11.1 Å².